The largest absolute Gasteiger partial charge is 0.355 e. The second kappa shape index (κ2) is 5.13. The van der Waals surface area contributed by atoms with Crippen molar-refractivity contribution in [2.45, 2.75) is 13.8 Å². The lowest BCUT2D eigenvalue weighted by molar-refractivity contribution is -0.118. The Labute approximate surface area is 77.7 Å². The fourth-order valence-electron chi connectivity index (χ4n) is 0.786. The van der Waals surface area contributed by atoms with Crippen LogP contribution in [0.15, 0.2) is 23.9 Å². The number of rotatable bonds is 3. The van der Waals surface area contributed by atoms with E-state index in [2.05, 4.69) is 17.2 Å². The van der Waals surface area contributed by atoms with Crippen LogP contribution in [0.25, 0.3) is 0 Å². The number of nitrogens with one attached hydrogen (secondary N) is 2. The molecule has 0 unspecified atom stereocenters. The Morgan fingerprint density at radius 2 is 1.85 bits per heavy atom. The number of carbonyl (C=O) groups is 2. The molecule has 2 N–H and O–H groups in total. The molecule has 13 heavy (non-hydrogen) atoms. The van der Waals surface area contributed by atoms with E-state index in [9.17, 15) is 9.59 Å². The van der Waals surface area contributed by atoms with Crippen molar-refractivity contribution in [1.82, 2.24) is 10.6 Å². The Kier molecular flexibility index (Phi) is 4.51. The van der Waals surface area contributed by atoms with Gasteiger partial charge in [-0.15, -0.1) is 0 Å². The number of likely N-dealkylation sites (N-methyl/N-ethyl adjacent to an activating group) is 1. The summed E-state index contributed by atoms with van der Waals surface area (Å²) >= 11 is 0. The maximum Gasteiger partial charge on any atom is 0.246 e. The standard InChI is InChI=1S/C9H14N2O2/c1-6(9(13)10-4)5-7(2)11-8(3)12/h5H,2H2,1,3-4H3,(H,10,13)(H,11,12)/b6-5+. The van der Waals surface area contributed by atoms with Gasteiger partial charge < -0.3 is 10.6 Å². The molecule has 0 aliphatic rings. The van der Waals surface area contributed by atoms with E-state index in [-0.39, 0.29) is 11.8 Å². The van der Waals surface area contributed by atoms with Crippen LogP contribution in [0.5, 0.6) is 0 Å². The molecule has 0 aromatic carbocycles. The molecule has 0 fully saturated rings. The summed E-state index contributed by atoms with van der Waals surface area (Å²) in [6.07, 6.45) is 1.51. The lowest BCUT2D eigenvalue weighted by Crippen LogP contribution is -2.21. The van der Waals surface area contributed by atoms with Crippen molar-refractivity contribution < 1.29 is 9.59 Å². The van der Waals surface area contributed by atoms with E-state index < -0.39 is 0 Å². The predicted octanol–water partition coefficient (Wildman–Crippen LogP) is 0.329. The molecule has 0 aliphatic carbocycles. The Morgan fingerprint density at radius 1 is 1.31 bits per heavy atom. The van der Waals surface area contributed by atoms with Gasteiger partial charge in [-0.2, -0.15) is 0 Å². The molecule has 0 heterocycles. The van der Waals surface area contributed by atoms with Crippen LogP contribution in [0.1, 0.15) is 13.8 Å². The molecule has 0 spiro atoms. The van der Waals surface area contributed by atoms with Gasteiger partial charge in [-0.05, 0) is 13.0 Å². The van der Waals surface area contributed by atoms with Gasteiger partial charge in [-0.3, -0.25) is 9.59 Å². The van der Waals surface area contributed by atoms with Crippen molar-refractivity contribution in [3.8, 4) is 0 Å². The molecule has 0 aromatic rings. The number of carbonyl (C=O) groups excluding carboxylic acids is 2. The molecule has 4 nitrogen and oxygen atoms in total. The van der Waals surface area contributed by atoms with Gasteiger partial charge >= 0.3 is 0 Å². The maximum atomic E-state index is 11.0. The summed E-state index contributed by atoms with van der Waals surface area (Å²) in [6.45, 7) is 6.59. The summed E-state index contributed by atoms with van der Waals surface area (Å²) in [4.78, 5) is 21.6. The van der Waals surface area contributed by atoms with Crippen molar-refractivity contribution in [3.63, 3.8) is 0 Å². The number of amides is 2. The van der Waals surface area contributed by atoms with Crippen LogP contribution in [0.3, 0.4) is 0 Å². The monoisotopic (exact) mass is 182 g/mol. The average Bonchev–Trinajstić information content (AvgIpc) is 2.01. The molecule has 0 bridgehead atoms. The van der Waals surface area contributed by atoms with Crippen molar-refractivity contribution in [3.05, 3.63) is 23.9 Å². The van der Waals surface area contributed by atoms with Crippen LogP contribution in [-0.2, 0) is 9.59 Å². The fraction of sp³-hybridized carbons (Fsp3) is 0.333. The maximum absolute atomic E-state index is 11.0. The Hall–Kier alpha value is -1.58. The third-order valence-corrected chi connectivity index (χ3v) is 1.31. The topological polar surface area (TPSA) is 58.2 Å². The van der Waals surface area contributed by atoms with Crippen molar-refractivity contribution in [1.29, 1.82) is 0 Å². The third-order valence-electron chi connectivity index (χ3n) is 1.31. The lowest BCUT2D eigenvalue weighted by atomic mass is 10.2. The van der Waals surface area contributed by atoms with E-state index in [1.807, 2.05) is 0 Å². The zero-order valence-corrected chi connectivity index (χ0v) is 8.10. The van der Waals surface area contributed by atoms with E-state index in [4.69, 9.17) is 0 Å². The molecule has 72 valence electrons. The minimum absolute atomic E-state index is 0.188. The molecule has 0 saturated carbocycles. The quantitative estimate of drug-likeness (QED) is 0.488. The molecule has 0 saturated heterocycles. The lowest BCUT2D eigenvalue weighted by Gasteiger charge is -2.02. The highest BCUT2D eigenvalue weighted by Gasteiger charge is 2.01. The first-order valence-corrected chi connectivity index (χ1v) is 3.84. The highest BCUT2D eigenvalue weighted by molar-refractivity contribution is 5.93. The average molecular weight is 182 g/mol. The van der Waals surface area contributed by atoms with Crippen molar-refractivity contribution >= 4 is 11.8 Å². The van der Waals surface area contributed by atoms with Crippen LogP contribution >= 0.6 is 0 Å². The van der Waals surface area contributed by atoms with Gasteiger partial charge in [0, 0.05) is 25.2 Å². The Bertz CT molecular complexity index is 267. The van der Waals surface area contributed by atoms with Crippen LogP contribution < -0.4 is 10.6 Å². The van der Waals surface area contributed by atoms with E-state index in [1.54, 1.807) is 14.0 Å². The van der Waals surface area contributed by atoms with E-state index in [0.717, 1.165) is 0 Å². The summed E-state index contributed by atoms with van der Waals surface area (Å²) < 4.78 is 0. The molecule has 0 radical (unpaired) electrons. The number of hydrogen-bond donors (Lipinski definition) is 2. The summed E-state index contributed by atoms with van der Waals surface area (Å²) in [7, 11) is 1.54. The number of allylic oxidation sites excluding steroid dienone is 1. The fourth-order valence-corrected chi connectivity index (χ4v) is 0.786. The van der Waals surface area contributed by atoms with Gasteiger partial charge in [-0.1, -0.05) is 6.58 Å². The van der Waals surface area contributed by atoms with Gasteiger partial charge in [0.2, 0.25) is 11.8 Å². The predicted molar refractivity (Wildman–Crippen MR) is 50.8 cm³/mol. The van der Waals surface area contributed by atoms with Crippen molar-refractivity contribution in [2.24, 2.45) is 0 Å². The van der Waals surface area contributed by atoms with Crippen LogP contribution in [-0.4, -0.2) is 18.9 Å². The van der Waals surface area contributed by atoms with E-state index in [1.165, 1.54) is 13.0 Å². The van der Waals surface area contributed by atoms with E-state index >= 15 is 0 Å². The highest BCUT2D eigenvalue weighted by atomic mass is 16.2. The first-order chi connectivity index (χ1) is 5.97. The first kappa shape index (κ1) is 11.4. The molecule has 4 heteroatoms. The van der Waals surface area contributed by atoms with Crippen molar-refractivity contribution in [2.75, 3.05) is 7.05 Å². The summed E-state index contributed by atoms with van der Waals surface area (Å²) in [5.74, 6) is -0.391. The molecule has 0 aliphatic heterocycles. The molecule has 0 aromatic heterocycles. The molecule has 0 atom stereocenters. The molecule has 2 amide bonds. The number of hydrogen-bond acceptors (Lipinski definition) is 2. The SMILES string of the molecule is C=C(/C=C(\C)C(=O)NC)NC(C)=O. The third kappa shape index (κ3) is 4.79. The second-order valence-electron chi connectivity index (χ2n) is 2.61. The summed E-state index contributed by atoms with van der Waals surface area (Å²) in [6, 6.07) is 0. The second-order valence-corrected chi connectivity index (χ2v) is 2.61. The smallest absolute Gasteiger partial charge is 0.246 e. The van der Waals surface area contributed by atoms with Gasteiger partial charge in [0.15, 0.2) is 0 Å². The Balaban J connectivity index is 4.30. The van der Waals surface area contributed by atoms with Gasteiger partial charge in [0.05, 0.1) is 0 Å². The molecular weight excluding hydrogens is 168 g/mol. The van der Waals surface area contributed by atoms with Gasteiger partial charge in [0.1, 0.15) is 0 Å². The highest BCUT2D eigenvalue weighted by Crippen LogP contribution is 1.96. The van der Waals surface area contributed by atoms with Gasteiger partial charge in [0.25, 0.3) is 0 Å². The van der Waals surface area contributed by atoms with Crippen LogP contribution in [0.2, 0.25) is 0 Å². The summed E-state index contributed by atoms with van der Waals surface area (Å²) in [5.41, 5.74) is 0.912. The van der Waals surface area contributed by atoms with Gasteiger partial charge in [-0.25, -0.2) is 0 Å². The van der Waals surface area contributed by atoms with Crippen LogP contribution in [0.4, 0.5) is 0 Å². The Morgan fingerprint density at radius 3 is 2.23 bits per heavy atom. The summed E-state index contributed by atoms with van der Waals surface area (Å²) in [5, 5.41) is 4.93. The van der Waals surface area contributed by atoms with E-state index in [0.29, 0.717) is 11.3 Å². The zero-order chi connectivity index (χ0) is 10.4. The molecule has 0 rings (SSSR count). The zero-order valence-electron chi connectivity index (χ0n) is 8.10. The minimum atomic E-state index is -0.203. The normalized spacial score (nSPS) is 10.5. The minimum Gasteiger partial charge on any atom is -0.355 e. The van der Waals surface area contributed by atoms with Crippen LogP contribution in [0, 0.1) is 0 Å². The molecular formula is C9H14N2O2. The first-order valence-electron chi connectivity index (χ1n) is 3.84.